The van der Waals surface area contributed by atoms with E-state index in [-0.39, 0.29) is 12.0 Å². The van der Waals surface area contributed by atoms with Crippen LogP contribution in [0, 0.1) is 0 Å². The third-order valence-electron chi connectivity index (χ3n) is 4.86. The van der Waals surface area contributed by atoms with Crippen molar-refractivity contribution in [2.45, 2.75) is 32.2 Å². The maximum Gasteiger partial charge on any atom is 0.259 e. The van der Waals surface area contributed by atoms with Gasteiger partial charge in [-0.1, -0.05) is 24.3 Å². The van der Waals surface area contributed by atoms with Crippen molar-refractivity contribution in [1.82, 2.24) is 0 Å². The molecule has 2 heterocycles. The van der Waals surface area contributed by atoms with E-state index in [1.54, 1.807) is 12.3 Å². The Balaban J connectivity index is 1.35. The summed E-state index contributed by atoms with van der Waals surface area (Å²) >= 11 is 0. The molecule has 1 saturated heterocycles. The van der Waals surface area contributed by atoms with Crippen molar-refractivity contribution >= 4 is 11.6 Å². The molecule has 3 aromatic rings. The summed E-state index contributed by atoms with van der Waals surface area (Å²) in [4.78, 5) is 12.8. The number of nitrogens with one attached hydrogen (secondary N) is 1. The van der Waals surface area contributed by atoms with Crippen molar-refractivity contribution < 1.29 is 23.4 Å². The van der Waals surface area contributed by atoms with Crippen LogP contribution in [0.2, 0.25) is 0 Å². The molecule has 1 aliphatic rings. The third kappa shape index (κ3) is 5.49. The van der Waals surface area contributed by atoms with Crippen molar-refractivity contribution in [3.63, 3.8) is 0 Å². The lowest BCUT2D eigenvalue weighted by molar-refractivity contribution is 0.0673. The average molecular weight is 407 g/mol. The highest BCUT2D eigenvalue weighted by Gasteiger charge is 2.18. The summed E-state index contributed by atoms with van der Waals surface area (Å²) in [7, 11) is 0. The molecule has 1 fully saturated rings. The second kappa shape index (κ2) is 10.1. The van der Waals surface area contributed by atoms with E-state index >= 15 is 0 Å². The molecular weight excluding hydrogens is 382 g/mol. The summed E-state index contributed by atoms with van der Waals surface area (Å²) in [5, 5.41) is 2.95. The summed E-state index contributed by atoms with van der Waals surface area (Å²) in [6.45, 7) is 2.05. The lowest BCUT2D eigenvalue weighted by Crippen LogP contribution is -2.19. The molecule has 6 nitrogen and oxygen atoms in total. The third-order valence-corrected chi connectivity index (χ3v) is 4.86. The van der Waals surface area contributed by atoms with Crippen LogP contribution in [0.3, 0.4) is 0 Å². The van der Waals surface area contributed by atoms with Gasteiger partial charge in [0.2, 0.25) is 0 Å². The molecule has 0 aliphatic carbocycles. The van der Waals surface area contributed by atoms with Crippen LogP contribution in [-0.4, -0.2) is 25.2 Å². The van der Waals surface area contributed by atoms with E-state index in [0.717, 1.165) is 30.8 Å². The molecule has 1 atom stereocenters. The number of anilines is 1. The van der Waals surface area contributed by atoms with E-state index in [0.29, 0.717) is 36.8 Å². The fourth-order valence-electron chi connectivity index (χ4n) is 3.34. The van der Waals surface area contributed by atoms with Crippen LogP contribution in [0.1, 0.15) is 34.5 Å². The Bertz CT molecular complexity index is 948. The molecule has 0 bridgehead atoms. The van der Waals surface area contributed by atoms with Gasteiger partial charge in [-0.3, -0.25) is 4.79 Å². The minimum atomic E-state index is -0.216. The van der Waals surface area contributed by atoms with E-state index in [2.05, 4.69) is 5.32 Å². The summed E-state index contributed by atoms with van der Waals surface area (Å²) in [5.41, 5.74) is 2.16. The van der Waals surface area contributed by atoms with Crippen LogP contribution in [-0.2, 0) is 22.7 Å². The maximum atomic E-state index is 12.8. The number of para-hydroxylation sites is 1. The largest absolute Gasteiger partial charge is 0.490 e. The van der Waals surface area contributed by atoms with Crippen molar-refractivity contribution in [3.05, 3.63) is 83.8 Å². The number of ether oxygens (including phenoxy) is 3. The first-order valence-corrected chi connectivity index (χ1v) is 10.1. The zero-order valence-electron chi connectivity index (χ0n) is 16.7. The molecule has 1 N–H and O–H groups in total. The van der Waals surface area contributed by atoms with Crippen molar-refractivity contribution in [2.75, 3.05) is 18.5 Å². The van der Waals surface area contributed by atoms with Crippen molar-refractivity contribution in [1.29, 1.82) is 0 Å². The summed E-state index contributed by atoms with van der Waals surface area (Å²) in [6.07, 6.45) is 3.76. The van der Waals surface area contributed by atoms with Crippen LogP contribution in [0.5, 0.6) is 5.75 Å². The Labute approximate surface area is 175 Å². The van der Waals surface area contributed by atoms with E-state index < -0.39 is 0 Å². The van der Waals surface area contributed by atoms with Gasteiger partial charge >= 0.3 is 0 Å². The van der Waals surface area contributed by atoms with Crippen molar-refractivity contribution in [3.8, 4) is 5.75 Å². The van der Waals surface area contributed by atoms with Crippen molar-refractivity contribution in [2.24, 2.45) is 0 Å². The van der Waals surface area contributed by atoms with Gasteiger partial charge in [0.15, 0.2) is 0 Å². The Morgan fingerprint density at radius 2 is 2.00 bits per heavy atom. The van der Waals surface area contributed by atoms with Crippen LogP contribution < -0.4 is 10.1 Å². The number of furan rings is 1. The Hall–Kier alpha value is -3.09. The molecule has 156 valence electrons. The molecule has 1 amide bonds. The second-order valence-electron chi connectivity index (χ2n) is 7.17. The SMILES string of the molecule is O=C(Nc1cccc(COCc2ccco2)c1)c1ccccc1OCC1CCCO1. The van der Waals surface area contributed by atoms with Gasteiger partial charge in [-0.15, -0.1) is 0 Å². The molecule has 0 radical (unpaired) electrons. The molecular formula is C24H25NO5. The summed E-state index contributed by atoms with van der Waals surface area (Å²) < 4.78 is 22.4. The lowest BCUT2D eigenvalue weighted by atomic mass is 10.1. The molecule has 1 aliphatic heterocycles. The van der Waals surface area contributed by atoms with Gasteiger partial charge in [0, 0.05) is 12.3 Å². The highest BCUT2D eigenvalue weighted by molar-refractivity contribution is 6.06. The van der Waals surface area contributed by atoms with Gasteiger partial charge in [0.25, 0.3) is 5.91 Å². The molecule has 0 saturated carbocycles. The highest BCUT2D eigenvalue weighted by Crippen LogP contribution is 2.22. The second-order valence-corrected chi connectivity index (χ2v) is 7.17. The van der Waals surface area contributed by atoms with Gasteiger partial charge in [0.05, 0.1) is 24.5 Å². The quantitative estimate of drug-likeness (QED) is 0.551. The standard InChI is InChI=1S/C24H25NO5/c26-24(22-10-1-2-11-23(22)30-17-21-9-5-13-29-21)25-19-7-3-6-18(14-19)15-27-16-20-8-4-12-28-20/h1-4,6-8,10-12,14,21H,5,9,13,15-17H2,(H,25,26). The monoisotopic (exact) mass is 407 g/mol. The Morgan fingerprint density at radius 3 is 2.83 bits per heavy atom. The van der Waals surface area contributed by atoms with Crippen LogP contribution >= 0.6 is 0 Å². The van der Waals surface area contributed by atoms with Gasteiger partial charge < -0.3 is 23.9 Å². The number of rotatable bonds is 9. The molecule has 1 unspecified atom stereocenters. The normalized spacial score (nSPS) is 15.8. The number of hydrogen-bond donors (Lipinski definition) is 1. The van der Waals surface area contributed by atoms with Gasteiger partial charge in [-0.25, -0.2) is 0 Å². The highest BCUT2D eigenvalue weighted by atomic mass is 16.5. The molecule has 6 heteroatoms. The van der Waals surface area contributed by atoms with Crippen LogP contribution in [0.25, 0.3) is 0 Å². The van der Waals surface area contributed by atoms with E-state index in [9.17, 15) is 4.79 Å². The van der Waals surface area contributed by atoms with Crippen LogP contribution in [0.15, 0.2) is 71.3 Å². The predicted molar refractivity (Wildman–Crippen MR) is 113 cm³/mol. The fraction of sp³-hybridized carbons (Fsp3) is 0.292. The zero-order valence-corrected chi connectivity index (χ0v) is 16.7. The summed E-state index contributed by atoms with van der Waals surface area (Å²) in [6, 6.07) is 18.5. The van der Waals surface area contributed by atoms with Gasteiger partial charge in [-0.2, -0.15) is 0 Å². The molecule has 4 rings (SSSR count). The molecule has 2 aromatic carbocycles. The molecule has 30 heavy (non-hydrogen) atoms. The first kappa shape index (κ1) is 20.2. The average Bonchev–Trinajstić information content (AvgIpc) is 3.47. The van der Waals surface area contributed by atoms with E-state index in [4.69, 9.17) is 18.6 Å². The number of hydrogen-bond acceptors (Lipinski definition) is 5. The number of benzene rings is 2. The first-order chi connectivity index (χ1) is 14.8. The Morgan fingerprint density at radius 1 is 1.07 bits per heavy atom. The first-order valence-electron chi connectivity index (χ1n) is 10.1. The lowest BCUT2D eigenvalue weighted by Gasteiger charge is -2.15. The minimum absolute atomic E-state index is 0.0963. The zero-order chi connectivity index (χ0) is 20.6. The van der Waals surface area contributed by atoms with E-state index in [1.165, 1.54) is 0 Å². The molecule has 1 aromatic heterocycles. The number of carbonyl (C=O) groups is 1. The minimum Gasteiger partial charge on any atom is -0.490 e. The van der Waals surface area contributed by atoms with Gasteiger partial charge in [-0.05, 0) is 54.8 Å². The smallest absolute Gasteiger partial charge is 0.259 e. The fourth-order valence-corrected chi connectivity index (χ4v) is 3.34. The van der Waals surface area contributed by atoms with Crippen LogP contribution in [0.4, 0.5) is 5.69 Å². The van der Waals surface area contributed by atoms with E-state index in [1.807, 2.05) is 54.6 Å². The Kier molecular flexibility index (Phi) is 6.79. The summed E-state index contributed by atoms with van der Waals surface area (Å²) in [5.74, 6) is 1.12. The maximum absolute atomic E-state index is 12.8. The van der Waals surface area contributed by atoms with Gasteiger partial charge in [0.1, 0.15) is 24.7 Å². The topological polar surface area (TPSA) is 69.9 Å². The molecule has 0 spiro atoms. The predicted octanol–water partition coefficient (Wildman–Crippen LogP) is 4.81. The number of amides is 1. The number of carbonyl (C=O) groups excluding carboxylic acids is 1.